The van der Waals surface area contributed by atoms with Crippen LogP contribution in [0.5, 0.6) is 0 Å². The second kappa shape index (κ2) is 6.62. The van der Waals surface area contributed by atoms with Gasteiger partial charge in [0, 0.05) is 37.3 Å². The molecule has 0 saturated carbocycles. The zero-order valence-corrected chi connectivity index (χ0v) is 13.7. The van der Waals surface area contributed by atoms with Crippen molar-refractivity contribution in [2.24, 2.45) is 13.0 Å². The van der Waals surface area contributed by atoms with Crippen molar-refractivity contribution in [1.29, 1.82) is 0 Å². The minimum absolute atomic E-state index is 0.245. The average molecular weight is 326 g/mol. The Kier molecular flexibility index (Phi) is 5.02. The average Bonchev–Trinajstić information content (AvgIpc) is 2.90. The standard InChI is InChI=1S/C14H22N4O3S/c1-4-22(20,21)16-13(12-8-15-17(3)10-12)14(19)18-7-5-6-11(2)9-18/h4,8,10-11,13,16H,1,5-7,9H2,2-3H3. The maximum absolute atomic E-state index is 12.8. The van der Waals surface area contributed by atoms with Crippen LogP contribution in [0.25, 0.3) is 0 Å². The number of amides is 1. The molecule has 1 aromatic rings. The molecule has 1 fully saturated rings. The molecular weight excluding hydrogens is 304 g/mol. The minimum Gasteiger partial charge on any atom is -0.341 e. The van der Waals surface area contributed by atoms with Crippen LogP contribution in [-0.4, -0.2) is 42.1 Å². The zero-order valence-electron chi connectivity index (χ0n) is 12.9. The first-order chi connectivity index (χ1) is 10.3. The number of carbonyl (C=O) groups excluding carboxylic acids is 1. The Hall–Kier alpha value is -1.67. The second-order valence-electron chi connectivity index (χ2n) is 5.74. The molecule has 22 heavy (non-hydrogen) atoms. The summed E-state index contributed by atoms with van der Waals surface area (Å²) in [4.78, 5) is 14.5. The first kappa shape index (κ1) is 16.7. The number of nitrogens with one attached hydrogen (secondary N) is 1. The van der Waals surface area contributed by atoms with Crippen LogP contribution >= 0.6 is 0 Å². The number of carbonyl (C=O) groups is 1. The molecule has 0 aliphatic carbocycles. The molecule has 1 aromatic heterocycles. The quantitative estimate of drug-likeness (QED) is 0.867. The fraction of sp³-hybridized carbons (Fsp3) is 0.571. The Morgan fingerprint density at radius 3 is 2.86 bits per heavy atom. The van der Waals surface area contributed by atoms with Crippen molar-refractivity contribution in [3.8, 4) is 0 Å². The first-order valence-corrected chi connectivity index (χ1v) is 8.79. The Labute approximate surface area is 131 Å². The highest BCUT2D eigenvalue weighted by molar-refractivity contribution is 7.92. The SMILES string of the molecule is C=CS(=O)(=O)NC(C(=O)N1CCCC(C)C1)c1cnn(C)c1. The Bertz CT molecular complexity index is 653. The molecule has 1 aliphatic heterocycles. The van der Waals surface area contributed by atoms with Crippen LogP contribution in [0.3, 0.4) is 0 Å². The smallest absolute Gasteiger partial charge is 0.245 e. The monoisotopic (exact) mass is 326 g/mol. The van der Waals surface area contributed by atoms with Gasteiger partial charge in [0.2, 0.25) is 15.9 Å². The van der Waals surface area contributed by atoms with Gasteiger partial charge in [-0.1, -0.05) is 13.5 Å². The lowest BCUT2D eigenvalue weighted by molar-refractivity contribution is -0.134. The highest BCUT2D eigenvalue weighted by Crippen LogP contribution is 2.22. The fourth-order valence-corrected chi connectivity index (χ4v) is 3.30. The molecule has 0 aromatic carbocycles. The van der Waals surface area contributed by atoms with Crippen molar-refractivity contribution < 1.29 is 13.2 Å². The van der Waals surface area contributed by atoms with Crippen LogP contribution in [0, 0.1) is 5.92 Å². The van der Waals surface area contributed by atoms with E-state index in [0.717, 1.165) is 18.2 Å². The third-order valence-electron chi connectivity index (χ3n) is 3.78. The number of piperidine rings is 1. The van der Waals surface area contributed by atoms with E-state index in [1.165, 1.54) is 10.9 Å². The van der Waals surface area contributed by atoms with E-state index in [9.17, 15) is 13.2 Å². The summed E-state index contributed by atoms with van der Waals surface area (Å²) < 4.78 is 27.6. The largest absolute Gasteiger partial charge is 0.341 e. The van der Waals surface area contributed by atoms with Gasteiger partial charge in [0.25, 0.3) is 0 Å². The van der Waals surface area contributed by atoms with Crippen LogP contribution in [0.2, 0.25) is 0 Å². The minimum atomic E-state index is -3.73. The summed E-state index contributed by atoms with van der Waals surface area (Å²) in [6.45, 7) is 6.65. The number of nitrogens with zero attached hydrogens (tertiary/aromatic N) is 3. The van der Waals surface area contributed by atoms with E-state index in [1.807, 2.05) is 0 Å². The van der Waals surface area contributed by atoms with Crippen molar-refractivity contribution in [1.82, 2.24) is 19.4 Å². The summed E-state index contributed by atoms with van der Waals surface area (Å²) in [7, 11) is -2.01. The molecule has 0 radical (unpaired) electrons. The molecule has 1 amide bonds. The number of likely N-dealkylation sites (tertiary alicyclic amines) is 1. The van der Waals surface area contributed by atoms with Crippen molar-refractivity contribution >= 4 is 15.9 Å². The Morgan fingerprint density at radius 1 is 1.59 bits per heavy atom. The molecule has 2 heterocycles. The van der Waals surface area contributed by atoms with E-state index in [4.69, 9.17) is 0 Å². The fourth-order valence-electron chi connectivity index (χ4n) is 2.63. The van der Waals surface area contributed by atoms with Crippen LogP contribution in [0.1, 0.15) is 31.4 Å². The summed E-state index contributed by atoms with van der Waals surface area (Å²) in [5, 5.41) is 4.83. The molecule has 122 valence electrons. The maximum Gasteiger partial charge on any atom is 0.245 e. The normalized spacial score (nSPS) is 20.6. The highest BCUT2D eigenvalue weighted by atomic mass is 32.2. The molecule has 0 bridgehead atoms. The Balaban J connectivity index is 2.27. The van der Waals surface area contributed by atoms with Gasteiger partial charge in [-0.2, -0.15) is 9.82 Å². The number of aromatic nitrogens is 2. The van der Waals surface area contributed by atoms with Gasteiger partial charge in [-0.05, 0) is 18.8 Å². The lowest BCUT2D eigenvalue weighted by Gasteiger charge is -2.33. The summed E-state index contributed by atoms with van der Waals surface area (Å²) in [6, 6.07) is -0.970. The topological polar surface area (TPSA) is 84.3 Å². The summed E-state index contributed by atoms with van der Waals surface area (Å²) in [5.74, 6) is 0.174. The van der Waals surface area contributed by atoms with E-state index in [-0.39, 0.29) is 5.91 Å². The molecule has 0 spiro atoms. The van der Waals surface area contributed by atoms with E-state index in [1.54, 1.807) is 18.1 Å². The van der Waals surface area contributed by atoms with Crippen molar-refractivity contribution in [2.45, 2.75) is 25.8 Å². The van der Waals surface area contributed by atoms with Crippen LogP contribution < -0.4 is 4.72 Å². The number of hydrogen-bond donors (Lipinski definition) is 1. The predicted octanol–water partition coefficient (Wildman–Crippen LogP) is 0.783. The Morgan fingerprint density at radius 2 is 2.32 bits per heavy atom. The van der Waals surface area contributed by atoms with Gasteiger partial charge in [-0.25, -0.2) is 8.42 Å². The second-order valence-corrected chi connectivity index (χ2v) is 7.40. The van der Waals surface area contributed by atoms with Gasteiger partial charge < -0.3 is 4.90 Å². The lowest BCUT2D eigenvalue weighted by atomic mass is 9.99. The van der Waals surface area contributed by atoms with E-state index in [2.05, 4.69) is 23.3 Å². The molecule has 2 rings (SSSR count). The molecule has 7 nitrogen and oxygen atoms in total. The first-order valence-electron chi connectivity index (χ1n) is 7.24. The van der Waals surface area contributed by atoms with Gasteiger partial charge in [0.15, 0.2) is 0 Å². The molecule has 8 heteroatoms. The van der Waals surface area contributed by atoms with E-state index in [0.29, 0.717) is 24.6 Å². The number of sulfonamides is 1. The molecule has 1 N–H and O–H groups in total. The number of rotatable bonds is 5. The van der Waals surface area contributed by atoms with Crippen LogP contribution in [-0.2, 0) is 21.9 Å². The van der Waals surface area contributed by atoms with E-state index < -0.39 is 16.1 Å². The maximum atomic E-state index is 12.8. The summed E-state index contributed by atoms with van der Waals surface area (Å²) in [5.41, 5.74) is 0.524. The van der Waals surface area contributed by atoms with Gasteiger partial charge in [-0.15, -0.1) is 0 Å². The zero-order chi connectivity index (χ0) is 16.3. The summed E-state index contributed by atoms with van der Waals surface area (Å²) >= 11 is 0. The molecular formula is C14H22N4O3S. The molecule has 2 atom stereocenters. The number of hydrogen-bond acceptors (Lipinski definition) is 4. The molecule has 1 saturated heterocycles. The van der Waals surface area contributed by atoms with Crippen molar-refractivity contribution in [3.05, 3.63) is 29.9 Å². The molecule has 2 unspecified atom stereocenters. The summed E-state index contributed by atoms with van der Waals surface area (Å²) in [6.07, 6.45) is 5.16. The van der Waals surface area contributed by atoms with E-state index >= 15 is 0 Å². The molecule has 1 aliphatic rings. The van der Waals surface area contributed by atoms with Gasteiger partial charge in [0.1, 0.15) is 6.04 Å². The van der Waals surface area contributed by atoms with Crippen molar-refractivity contribution in [3.63, 3.8) is 0 Å². The van der Waals surface area contributed by atoms with Gasteiger partial charge in [-0.3, -0.25) is 9.48 Å². The van der Waals surface area contributed by atoms with Crippen LogP contribution in [0.15, 0.2) is 24.4 Å². The highest BCUT2D eigenvalue weighted by Gasteiger charge is 2.31. The third kappa shape index (κ3) is 3.95. The van der Waals surface area contributed by atoms with Crippen molar-refractivity contribution in [2.75, 3.05) is 13.1 Å². The lowest BCUT2D eigenvalue weighted by Crippen LogP contribution is -2.46. The third-order valence-corrected chi connectivity index (χ3v) is 4.78. The van der Waals surface area contributed by atoms with Crippen LogP contribution in [0.4, 0.5) is 0 Å². The van der Waals surface area contributed by atoms with Gasteiger partial charge in [0.05, 0.1) is 6.20 Å². The number of aryl methyl sites for hydroxylation is 1. The predicted molar refractivity (Wildman–Crippen MR) is 83.2 cm³/mol. The van der Waals surface area contributed by atoms with Gasteiger partial charge >= 0.3 is 0 Å².